The fraction of sp³-hybridized carbons (Fsp3) is 0.476. The highest BCUT2D eigenvalue weighted by Gasteiger charge is 2.60. The number of nitriles is 1. The quantitative estimate of drug-likeness (QED) is 0.442. The standard InChI is InChI=1S/C21H19ClN2O2/c22-21-9-15-5-16(10-21)8-20(7-15,12-21)19-24-17(18(25)26-19)6-13-1-3-14(11-23)4-2-13/h1-4,6,15-16H,5,7-10,12H2/b17-6+/t15-,16-,20?,21?/m1/s1. The van der Waals surface area contributed by atoms with Crippen LogP contribution in [-0.2, 0) is 9.53 Å². The third kappa shape index (κ3) is 2.49. The maximum Gasteiger partial charge on any atom is 0.363 e. The fourth-order valence-corrected chi connectivity index (χ4v) is 6.54. The number of alkyl halides is 1. The molecule has 0 aromatic heterocycles. The van der Waals surface area contributed by atoms with Gasteiger partial charge in [0, 0.05) is 10.3 Å². The highest BCUT2D eigenvalue weighted by Crippen LogP contribution is 2.64. The Hall–Kier alpha value is -2.12. The molecule has 4 aliphatic carbocycles. The Morgan fingerprint density at radius 1 is 1.19 bits per heavy atom. The second-order valence-corrected chi connectivity index (χ2v) is 9.26. The largest absolute Gasteiger partial charge is 0.406 e. The Bertz CT molecular complexity index is 880. The van der Waals surface area contributed by atoms with Gasteiger partial charge in [0.2, 0.25) is 5.90 Å². The van der Waals surface area contributed by atoms with Crippen molar-refractivity contribution in [2.75, 3.05) is 0 Å². The van der Waals surface area contributed by atoms with Crippen LogP contribution in [0.4, 0.5) is 0 Å². The average Bonchev–Trinajstić information content (AvgIpc) is 2.95. The van der Waals surface area contributed by atoms with Crippen LogP contribution < -0.4 is 0 Å². The first-order valence-corrected chi connectivity index (χ1v) is 9.57. The van der Waals surface area contributed by atoms with E-state index in [1.807, 2.05) is 12.1 Å². The molecule has 1 aromatic rings. The molecule has 5 aliphatic rings. The Morgan fingerprint density at radius 3 is 2.50 bits per heavy atom. The normalized spacial score (nSPS) is 39.0. The van der Waals surface area contributed by atoms with Crippen molar-refractivity contribution in [1.29, 1.82) is 5.26 Å². The van der Waals surface area contributed by atoms with Crippen LogP contribution in [0.15, 0.2) is 35.0 Å². The summed E-state index contributed by atoms with van der Waals surface area (Å²) in [7, 11) is 0. The third-order valence-electron chi connectivity index (χ3n) is 6.41. The SMILES string of the molecule is N#Cc1ccc(/C=C2/N=C(C34C[C@H]5C[C@@H](CC(Cl)(C5)C3)C4)OC2=O)cc1. The van der Waals surface area contributed by atoms with Crippen LogP contribution in [0.3, 0.4) is 0 Å². The zero-order valence-corrected chi connectivity index (χ0v) is 15.1. The number of cyclic esters (lactones) is 1. The lowest BCUT2D eigenvalue weighted by Gasteiger charge is -2.59. The number of ether oxygens (including phenoxy) is 1. The summed E-state index contributed by atoms with van der Waals surface area (Å²) in [5.41, 5.74) is 1.59. The number of halogens is 1. The first-order chi connectivity index (χ1) is 12.5. The zero-order chi connectivity index (χ0) is 17.9. The van der Waals surface area contributed by atoms with Gasteiger partial charge in [-0.15, -0.1) is 11.6 Å². The van der Waals surface area contributed by atoms with Crippen molar-refractivity contribution >= 4 is 29.5 Å². The molecule has 1 heterocycles. The predicted molar refractivity (Wildman–Crippen MR) is 98.4 cm³/mol. The summed E-state index contributed by atoms with van der Waals surface area (Å²) in [5, 5.41) is 8.89. The van der Waals surface area contributed by atoms with E-state index in [-0.39, 0.29) is 16.3 Å². The van der Waals surface area contributed by atoms with E-state index < -0.39 is 0 Å². The molecule has 4 nitrogen and oxygen atoms in total. The minimum absolute atomic E-state index is 0.140. The van der Waals surface area contributed by atoms with Gasteiger partial charge in [0.1, 0.15) is 0 Å². The highest BCUT2D eigenvalue weighted by atomic mass is 35.5. The highest BCUT2D eigenvalue weighted by molar-refractivity contribution is 6.24. The smallest absolute Gasteiger partial charge is 0.363 e. The number of rotatable bonds is 2. The van der Waals surface area contributed by atoms with Crippen molar-refractivity contribution in [1.82, 2.24) is 0 Å². The summed E-state index contributed by atoms with van der Waals surface area (Å²) in [6.45, 7) is 0. The van der Waals surface area contributed by atoms with E-state index in [1.165, 1.54) is 6.42 Å². The van der Waals surface area contributed by atoms with Crippen LogP contribution in [0.2, 0.25) is 0 Å². The molecule has 0 N–H and O–H groups in total. The molecule has 0 radical (unpaired) electrons. The maximum atomic E-state index is 12.4. The second kappa shape index (κ2) is 5.44. The third-order valence-corrected chi connectivity index (χ3v) is 6.85. The topological polar surface area (TPSA) is 62.4 Å². The van der Waals surface area contributed by atoms with Gasteiger partial charge < -0.3 is 4.74 Å². The summed E-state index contributed by atoms with van der Waals surface area (Å²) in [6, 6.07) is 9.17. The van der Waals surface area contributed by atoms with Crippen molar-refractivity contribution in [2.24, 2.45) is 22.2 Å². The molecule has 1 aliphatic heterocycles. The summed E-state index contributed by atoms with van der Waals surface area (Å²) < 4.78 is 5.65. The van der Waals surface area contributed by atoms with Gasteiger partial charge in [-0.3, -0.25) is 0 Å². The van der Waals surface area contributed by atoms with Crippen LogP contribution in [0.1, 0.15) is 49.7 Å². The van der Waals surface area contributed by atoms with Crippen molar-refractivity contribution in [3.63, 3.8) is 0 Å². The van der Waals surface area contributed by atoms with Crippen LogP contribution in [-0.4, -0.2) is 16.7 Å². The number of carbonyl (C=O) groups excluding carboxylic acids is 1. The van der Waals surface area contributed by atoms with Gasteiger partial charge in [-0.2, -0.15) is 5.26 Å². The minimum atomic E-state index is -0.385. The van der Waals surface area contributed by atoms with Gasteiger partial charge in [-0.25, -0.2) is 9.79 Å². The maximum absolute atomic E-state index is 12.4. The Balaban J connectivity index is 1.47. The first-order valence-electron chi connectivity index (χ1n) is 9.19. The van der Waals surface area contributed by atoms with E-state index >= 15 is 0 Å². The Labute approximate surface area is 157 Å². The van der Waals surface area contributed by atoms with Crippen molar-refractivity contribution in [2.45, 2.75) is 43.4 Å². The van der Waals surface area contributed by atoms with Crippen molar-refractivity contribution in [3.05, 3.63) is 41.1 Å². The number of hydrogen-bond acceptors (Lipinski definition) is 4. The van der Waals surface area contributed by atoms with Crippen LogP contribution >= 0.6 is 11.6 Å². The van der Waals surface area contributed by atoms with Crippen LogP contribution in [0, 0.1) is 28.6 Å². The Morgan fingerprint density at radius 2 is 1.88 bits per heavy atom. The second-order valence-electron chi connectivity index (χ2n) is 8.46. The molecule has 4 saturated carbocycles. The number of benzene rings is 1. The molecular formula is C21H19ClN2O2. The molecule has 1 aromatic carbocycles. The first kappa shape index (κ1) is 16.1. The Kier molecular flexibility index (Phi) is 3.36. The molecule has 0 amide bonds. The molecule has 0 unspecified atom stereocenters. The molecule has 0 saturated heterocycles. The lowest BCUT2D eigenvalue weighted by Crippen LogP contribution is -2.56. The molecule has 26 heavy (non-hydrogen) atoms. The molecule has 2 atom stereocenters. The summed E-state index contributed by atoms with van der Waals surface area (Å²) in [4.78, 5) is 16.9. The van der Waals surface area contributed by atoms with Gasteiger partial charge in [-0.1, -0.05) is 12.1 Å². The van der Waals surface area contributed by atoms with Gasteiger partial charge in [0.05, 0.1) is 11.6 Å². The van der Waals surface area contributed by atoms with E-state index in [2.05, 4.69) is 11.1 Å². The number of esters is 1. The molecule has 0 spiro atoms. The lowest BCUT2D eigenvalue weighted by atomic mass is 9.49. The van der Waals surface area contributed by atoms with E-state index in [1.54, 1.807) is 18.2 Å². The summed E-state index contributed by atoms with van der Waals surface area (Å²) >= 11 is 6.89. The zero-order valence-electron chi connectivity index (χ0n) is 14.4. The van der Waals surface area contributed by atoms with Crippen molar-refractivity contribution < 1.29 is 9.53 Å². The van der Waals surface area contributed by atoms with Crippen LogP contribution in [0.25, 0.3) is 6.08 Å². The van der Waals surface area contributed by atoms with E-state index in [9.17, 15) is 4.79 Å². The fourth-order valence-electron chi connectivity index (χ4n) is 5.85. The number of carbonyl (C=O) groups is 1. The molecular weight excluding hydrogens is 348 g/mol. The monoisotopic (exact) mass is 366 g/mol. The summed E-state index contributed by atoms with van der Waals surface area (Å²) in [6.07, 6.45) is 8.09. The summed E-state index contributed by atoms with van der Waals surface area (Å²) in [5.74, 6) is 1.45. The lowest BCUT2D eigenvalue weighted by molar-refractivity contribution is -0.131. The molecule has 4 fully saturated rings. The molecule has 6 rings (SSSR count). The van der Waals surface area contributed by atoms with E-state index in [0.717, 1.165) is 37.7 Å². The average molecular weight is 367 g/mol. The predicted octanol–water partition coefficient (Wildman–Crippen LogP) is 4.43. The number of aliphatic imine (C=N–C) groups is 1. The molecule has 5 heteroatoms. The van der Waals surface area contributed by atoms with E-state index in [4.69, 9.17) is 21.6 Å². The number of hydrogen-bond donors (Lipinski definition) is 0. The van der Waals surface area contributed by atoms with Gasteiger partial charge in [0.25, 0.3) is 0 Å². The van der Waals surface area contributed by atoms with Gasteiger partial charge in [-0.05, 0) is 74.1 Å². The van der Waals surface area contributed by atoms with Gasteiger partial charge >= 0.3 is 5.97 Å². The number of nitrogens with zero attached hydrogens (tertiary/aromatic N) is 2. The molecule has 4 bridgehead atoms. The van der Waals surface area contributed by atoms with Crippen LogP contribution in [0.5, 0.6) is 0 Å². The molecule has 132 valence electrons. The van der Waals surface area contributed by atoms with E-state index in [0.29, 0.717) is 29.0 Å². The minimum Gasteiger partial charge on any atom is -0.406 e. The van der Waals surface area contributed by atoms with Gasteiger partial charge in [0.15, 0.2) is 5.70 Å². The van der Waals surface area contributed by atoms with Crippen molar-refractivity contribution in [3.8, 4) is 6.07 Å².